The first-order chi connectivity index (χ1) is 5.88. The van der Waals surface area contributed by atoms with E-state index in [0.717, 1.165) is 0 Å². The molecule has 2 atom stereocenters. The van der Waals surface area contributed by atoms with Crippen molar-refractivity contribution in [1.29, 1.82) is 0 Å². The normalized spacial score (nSPS) is 28.9. The van der Waals surface area contributed by atoms with Gasteiger partial charge in [-0.15, -0.1) is 0 Å². The van der Waals surface area contributed by atoms with Gasteiger partial charge in [0.15, 0.2) is 0 Å². The second kappa shape index (κ2) is 3.63. The van der Waals surface area contributed by atoms with Gasteiger partial charge >= 0.3 is 0 Å². The number of sulfone groups is 1. The van der Waals surface area contributed by atoms with Gasteiger partial charge in [0.2, 0.25) is 5.91 Å². The molecule has 0 aromatic rings. The van der Waals surface area contributed by atoms with Crippen molar-refractivity contribution < 1.29 is 13.2 Å². The van der Waals surface area contributed by atoms with Crippen molar-refractivity contribution in [3.63, 3.8) is 0 Å². The maximum Gasteiger partial charge on any atom is 0.221 e. The third-order valence-corrected chi connectivity index (χ3v) is 3.06. The second-order valence-corrected chi connectivity index (χ2v) is 5.72. The summed E-state index contributed by atoms with van der Waals surface area (Å²) in [5.74, 6) is -0.0166. The van der Waals surface area contributed by atoms with Crippen LogP contribution in [0.3, 0.4) is 0 Å². The minimum atomic E-state index is -2.96. The van der Waals surface area contributed by atoms with Crippen LogP contribution in [0.2, 0.25) is 0 Å². The molecule has 0 radical (unpaired) electrons. The molecule has 1 saturated heterocycles. The first-order valence-corrected chi connectivity index (χ1v) is 6.17. The van der Waals surface area contributed by atoms with Gasteiger partial charge in [-0.25, -0.2) is 8.42 Å². The van der Waals surface area contributed by atoms with Crippen molar-refractivity contribution in [2.75, 3.05) is 12.0 Å². The largest absolute Gasteiger partial charge is 0.352 e. The van der Waals surface area contributed by atoms with Gasteiger partial charge < -0.3 is 11.1 Å². The number of nitrogens with one attached hydrogen (secondary N) is 1. The van der Waals surface area contributed by atoms with Gasteiger partial charge in [0, 0.05) is 24.8 Å². The summed E-state index contributed by atoms with van der Waals surface area (Å²) in [7, 11) is -2.96. The highest BCUT2D eigenvalue weighted by molar-refractivity contribution is 7.90. The molecule has 1 amide bonds. The zero-order valence-corrected chi connectivity index (χ0v) is 8.30. The molecule has 0 aromatic heterocycles. The fourth-order valence-corrected chi connectivity index (χ4v) is 2.04. The Kier molecular flexibility index (Phi) is 2.92. The second-order valence-electron chi connectivity index (χ2n) is 3.46. The maximum atomic E-state index is 10.8. The van der Waals surface area contributed by atoms with Gasteiger partial charge in [-0.05, 0) is 6.42 Å². The molecule has 1 aliphatic rings. The van der Waals surface area contributed by atoms with Gasteiger partial charge in [-0.3, -0.25) is 4.79 Å². The molecule has 1 aliphatic heterocycles. The molecule has 6 heteroatoms. The third kappa shape index (κ3) is 3.31. The molecule has 0 aromatic carbocycles. The van der Waals surface area contributed by atoms with Crippen LogP contribution in [0.25, 0.3) is 0 Å². The van der Waals surface area contributed by atoms with E-state index in [-0.39, 0.29) is 23.7 Å². The molecule has 0 aliphatic carbocycles. The number of hydrogen-bond acceptors (Lipinski definition) is 4. The molecule has 3 N–H and O–H groups in total. The summed E-state index contributed by atoms with van der Waals surface area (Å²) >= 11 is 0. The van der Waals surface area contributed by atoms with Crippen LogP contribution in [-0.2, 0) is 14.6 Å². The minimum Gasteiger partial charge on any atom is -0.352 e. The molecule has 0 spiro atoms. The summed E-state index contributed by atoms with van der Waals surface area (Å²) in [4.78, 5) is 10.8. The first kappa shape index (κ1) is 10.5. The van der Waals surface area contributed by atoms with Crippen LogP contribution in [0, 0.1) is 0 Å². The van der Waals surface area contributed by atoms with E-state index in [0.29, 0.717) is 12.8 Å². The van der Waals surface area contributed by atoms with Crippen LogP contribution >= 0.6 is 0 Å². The minimum absolute atomic E-state index is 0.0750. The standard InChI is InChI=1S/C7H14N2O3S/c1-13(11,12)3-2-6-5(8)4-7(10)9-6/h5-6H,2-4,8H2,1H3,(H,9,10). The SMILES string of the molecule is CS(=O)(=O)CCC1NC(=O)CC1N. The van der Waals surface area contributed by atoms with Crippen molar-refractivity contribution in [2.45, 2.75) is 24.9 Å². The van der Waals surface area contributed by atoms with Gasteiger partial charge in [-0.1, -0.05) is 0 Å². The summed E-state index contributed by atoms with van der Waals surface area (Å²) in [5.41, 5.74) is 5.62. The quantitative estimate of drug-likeness (QED) is 0.596. The fraction of sp³-hybridized carbons (Fsp3) is 0.857. The number of nitrogens with two attached hydrogens (primary N) is 1. The average molecular weight is 206 g/mol. The first-order valence-electron chi connectivity index (χ1n) is 4.11. The Morgan fingerprint density at radius 3 is 2.62 bits per heavy atom. The molecule has 1 rings (SSSR count). The van der Waals surface area contributed by atoms with Crippen LogP contribution in [0.4, 0.5) is 0 Å². The summed E-state index contributed by atoms with van der Waals surface area (Å²) < 4.78 is 21.6. The van der Waals surface area contributed by atoms with Crippen LogP contribution in [0.5, 0.6) is 0 Å². The summed E-state index contributed by atoms with van der Waals surface area (Å²) in [5, 5.41) is 2.65. The number of carbonyl (C=O) groups excluding carboxylic acids is 1. The third-order valence-electron chi connectivity index (χ3n) is 2.08. The highest BCUT2D eigenvalue weighted by Crippen LogP contribution is 2.09. The van der Waals surface area contributed by atoms with Gasteiger partial charge in [0.25, 0.3) is 0 Å². The molecule has 0 saturated carbocycles. The summed E-state index contributed by atoms with van der Waals surface area (Å²) in [6.45, 7) is 0. The lowest BCUT2D eigenvalue weighted by atomic mass is 10.1. The Labute approximate surface area is 77.6 Å². The molecule has 1 heterocycles. The smallest absolute Gasteiger partial charge is 0.221 e. The molecular weight excluding hydrogens is 192 g/mol. The number of hydrogen-bond donors (Lipinski definition) is 2. The topological polar surface area (TPSA) is 89.3 Å². The lowest BCUT2D eigenvalue weighted by Crippen LogP contribution is -2.38. The van der Waals surface area contributed by atoms with E-state index in [4.69, 9.17) is 5.73 Å². The molecule has 5 nitrogen and oxygen atoms in total. The van der Waals surface area contributed by atoms with Crippen molar-refractivity contribution in [3.05, 3.63) is 0 Å². The van der Waals surface area contributed by atoms with Gasteiger partial charge in [-0.2, -0.15) is 0 Å². The summed E-state index contributed by atoms with van der Waals surface area (Å²) in [6, 6.07) is -0.420. The fourth-order valence-electron chi connectivity index (χ4n) is 1.36. The Balaban J connectivity index is 2.42. The Morgan fingerprint density at radius 2 is 2.23 bits per heavy atom. The number of rotatable bonds is 3. The van der Waals surface area contributed by atoms with Gasteiger partial charge in [0.05, 0.1) is 5.75 Å². The number of amides is 1. The molecule has 76 valence electrons. The van der Waals surface area contributed by atoms with Crippen LogP contribution in [0.1, 0.15) is 12.8 Å². The Bertz CT molecular complexity index is 299. The zero-order valence-electron chi connectivity index (χ0n) is 7.49. The predicted molar refractivity (Wildman–Crippen MR) is 48.9 cm³/mol. The van der Waals surface area contributed by atoms with Crippen LogP contribution in [0.15, 0.2) is 0 Å². The Hall–Kier alpha value is -0.620. The monoisotopic (exact) mass is 206 g/mol. The highest BCUT2D eigenvalue weighted by Gasteiger charge is 2.29. The van der Waals surface area contributed by atoms with E-state index in [9.17, 15) is 13.2 Å². The molecule has 1 fully saturated rings. The molecule has 0 bridgehead atoms. The summed E-state index contributed by atoms with van der Waals surface area (Å²) in [6.07, 6.45) is 1.88. The van der Waals surface area contributed by atoms with Gasteiger partial charge in [0.1, 0.15) is 9.84 Å². The lowest BCUT2D eigenvalue weighted by Gasteiger charge is -2.13. The average Bonchev–Trinajstić information content (AvgIpc) is 2.24. The van der Waals surface area contributed by atoms with Crippen molar-refractivity contribution in [2.24, 2.45) is 5.73 Å². The van der Waals surface area contributed by atoms with E-state index in [1.54, 1.807) is 0 Å². The van der Waals surface area contributed by atoms with E-state index in [2.05, 4.69) is 5.32 Å². The van der Waals surface area contributed by atoms with Crippen molar-refractivity contribution in [1.82, 2.24) is 5.32 Å². The van der Waals surface area contributed by atoms with Crippen LogP contribution < -0.4 is 11.1 Å². The molecule has 2 unspecified atom stereocenters. The van der Waals surface area contributed by atoms with E-state index in [1.807, 2.05) is 0 Å². The van der Waals surface area contributed by atoms with E-state index < -0.39 is 9.84 Å². The number of carbonyl (C=O) groups is 1. The van der Waals surface area contributed by atoms with E-state index >= 15 is 0 Å². The predicted octanol–water partition coefficient (Wildman–Crippen LogP) is -1.36. The van der Waals surface area contributed by atoms with E-state index in [1.165, 1.54) is 6.26 Å². The lowest BCUT2D eigenvalue weighted by molar-refractivity contribution is -0.119. The maximum absolute atomic E-state index is 10.8. The zero-order chi connectivity index (χ0) is 10.1. The highest BCUT2D eigenvalue weighted by atomic mass is 32.2. The van der Waals surface area contributed by atoms with Crippen LogP contribution in [-0.4, -0.2) is 38.4 Å². The van der Waals surface area contributed by atoms with Crippen molar-refractivity contribution >= 4 is 15.7 Å². The molecular formula is C7H14N2O3S. The van der Waals surface area contributed by atoms with Crippen molar-refractivity contribution in [3.8, 4) is 0 Å². The molecule has 13 heavy (non-hydrogen) atoms. The Morgan fingerprint density at radius 1 is 1.62 bits per heavy atom.